The third kappa shape index (κ3) is 3.81. The monoisotopic (exact) mass is 269 g/mol. The van der Waals surface area contributed by atoms with E-state index in [0.717, 1.165) is 19.6 Å². The van der Waals surface area contributed by atoms with Gasteiger partial charge in [-0.2, -0.15) is 0 Å². The minimum Gasteiger partial charge on any atom is -0.370 e. The van der Waals surface area contributed by atoms with Crippen LogP contribution < -0.4 is 10.2 Å². The van der Waals surface area contributed by atoms with Crippen molar-refractivity contribution in [1.82, 2.24) is 10.3 Å². The molecule has 0 saturated heterocycles. The summed E-state index contributed by atoms with van der Waals surface area (Å²) in [5.74, 6) is 0. The van der Waals surface area contributed by atoms with Crippen molar-refractivity contribution >= 4 is 5.69 Å². The fourth-order valence-electron chi connectivity index (χ4n) is 2.36. The van der Waals surface area contributed by atoms with Gasteiger partial charge in [0, 0.05) is 43.8 Å². The molecule has 0 amide bonds. The van der Waals surface area contributed by atoms with Crippen molar-refractivity contribution < 1.29 is 0 Å². The molecule has 2 rings (SSSR count). The molecule has 0 aliphatic carbocycles. The summed E-state index contributed by atoms with van der Waals surface area (Å²) < 4.78 is 0. The second-order valence-corrected chi connectivity index (χ2v) is 5.13. The molecule has 2 aromatic rings. The minimum absolute atomic E-state index is 0.859. The number of aromatic nitrogens is 1. The van der Waals surface area contributed by atoms with Crippen LogP contribution in [0.2, 0.25) is 0 Å². The van der Waals surface area contributed by atoms with Crippen LogP contribution in [0.25, 0.3) is 0 Å². The molecule has 0 bridgehead atoms. The summed E-state index contributed by atoms with van der Waals surface area (Å²) in [5.41, 5.74) is 5.11. The van der Waals surface area contributed by atoms with Crippen LogP contribution in [0, 0.1) is 6.92 Å². The van der Waals surface area contributed by atoms with Crippen LogP contribution in [0.4, 0.5) is 5.69 Å². The molecule has 3 heteroatoms. The number of anilines is 1. The van der Waals surface area contributed by atoms with Crippen LogP contribution in [0.15, 0.2) is 42.7 Å². The topological polar surface area (TPSA) is 28.2 Å². The molecule has 1 N–H and O–H groups in total. The van der Waals surface area contributed by atoms with Gasteiger partial charge in [0.2, 0.25) is 0 Å². The number of nitrogens with zero attached hydrogens (tertiary/aromatic N) is 2. The molecule has 0 aliphatic rings. The lowest BCUT2D eigenvalue weighted by atomic mass is 10.1. The molecule has 106 valence electrons. The predicted octanol–water partition coefficient (Wildman–Crippen LogP) is 3.14. The molecule has 20 heavy (non-hydrogen) atoms. The molecular weight excluding hydrogens is 246 g/mol. The summed E-state index contributed by atoms with van der Waals surface area (Å²) in [6.07, 6.45) is 3.81. The van der Waals surface area contributed by atoms with Crippen LogP contribution in [-0.2, 0) is 13.1 Å². The van der Waals surface area contributed by atoms with Gasteiger partial charge in [0.05, 0.1) is 0 Å². The Bertz CT molecular complexity index is 551. The maximum absolute atomic E-state index is 4.24. The smallest absolute Gasteiger partial charge is 0.0443 e. The number of pyridine rings is 1. The fraction of sp³-hybridized carbons (Fsp3) is 0.353. The Morgan fingerprint density at radius 3 is 2.85 bits per heavy atom. The van der Waals surface area contributed by atoms with Crippen molar-refractivity contribution in [2.45, 2.75) is 26.9 Å². The molecule has 1 aromatic carbocycles. The van der Waals surface area contributed by atoms with Gasteiger partial charge in [0.15, 0.2) is 0 Å². The molecule has 0 saturated carbocycles. The zero-order valence-electron chi connectivity index (χ0n) is 12.6. The SMILES string of the molecule is CCNCc1cnccc1N(C)Cc1cccc(C)c1. The number of hydrogen-bond acceptors (Lipinski definition) is 3. The van der Waals surface area contributed by atoms with E-state index in [4.69, 9.17) is 0 Å². The summed E-state index contributed by atoms with van der Waals surface area (Å²) in [7, 11) is 2.13. The van der Waals surface area contributed by atoms with Gasteiger partial charge in [0.25, 0.3) is 0 Å². The number of nitrogens with one attached hydrogen (secondary N) is 1. The van der Waals surface area contributed by atoms with Crippen molar-refractivity contribution in [2.75, 3.05) is 18.5 Å². The molecule has 0 fully saturated rings. The van der Waals surface area contributed by atoms with E-state index in [0.29, 0.717) is 0 Å². The van der Waals surface area contributed by atoms with Crippen molar-refractivity contribution in [3.05, 3.63) is 59.4 Å². The average Bonchev–Trinajstić information content (AvgIpc) is 2.45. The molecule has 0 atom stereocenters. The Hall–Kier alpha value is -1.87. The van der Waals surface area contributed by atoms with E-state index in [1.807, 2.05) is 12.4 Å². The largest absolute Gasteiger partial charge is 0.370 e. The second-order valence-electron chi connectivity index (χ2n) is 5.13. The number of benzene rings is 1. The lowest BCUT2D eigenvalue weighted by Crippen LogP contribution is -2.20. The van der Waals surface area contributed by atoms with E-state index in [1.165, 1.54) is 22.4 Å². The van der Waals surface area contributed by atoms with Gasteiger partial charge in [-0.05, 0) is 25.1 Å². The Balaban J connectivity index is 2.14. The Labute approximate surface area is 121 Å². The minimum atomic E-state index is 0.859. The highest BCUT2D eigenvalue weighted by Gasteiger charge is 2.07. The van der Waals surface area contributed by atoms with Crippen molar-refractivity contribution in [3.63, 3.8) is 0 Å². The lowest BCUT2D eigenvalue weighted by Gasteiger charge is -2.22. The third-order valence-electron chi connectivity index (χ3n) is 3.36. The zero-order valence-corrected chi connectivity index (χ0v) is 12.6. The quantitative estimate of drug-likeness (QED) is 0.873. The molecular formula is C17H23N3. The van der Waals surface area contributed by atoms with Crippen LogP contribution in [-0.4, -0.2) is 18.6 Å². The van der Waals surface area contributed by atoms with Gasteiger partial charge < -0.3 is 10.2 Å². The average molecular weight is 269 g/mol. The van der Waals surface area contributed by atoms with Crippen LogP contribution in [0.3, 0.4) is 0 Å². The Kier molecular flexibility index (Phi) is 5.13. The summed E-state index contributed by atoms with van der Waals surface area (Å²) >= 11 is 0. The van der Waals surface area contributed by atoms with E-state index >= 15 is 0 Å². The van der Waals surface area contributed by atoms with Crippen LogP contribution in [0.5, 0.6) is 0 Å². The van der Waals surface area contributed by atoms with E-state index in [2.05, 4.69) is 66.4 Å². The van der Waals surface area contributed by atoms with Gasteiger partial charge in [-0.3, -0.25) is 4.98 Å². The first-order valence-corrected chi connectivity index (χ1v) is 7.11. The third-order valence-corrected chi connectivity index (χ3v) is 3.36. The molecule has 0 spiro atoms. The molecule has 1 aromatic heterocycles. The summed E-state index contributed by atoms with van der Waals surface area (Å²) in [6, 6.07) is 10.7. The van der Waals surface area contributed by atoms with Gasteiger partial charge in [-0.1, -0.05) is 36.8 Å². The molecule has 0 aliphatic heterocycles. The first-order valence-electron chi connectivity index (χ1n) is 7.11. The van der Waals surface area contributed by atoms with Crippen LogP contribution in [0.1, 0.15) is 23.6 Å². The predicted molar refractivity (Wildman–Crippen MR) is 84.9 cm³/mol. The van der Waals surface area contributed by atoms with E-state index < -0.39 is 0 Å². The Morgan fingerprint density at radius 2 is 2.10 bits per heavy atom. The van der Waals surface area contributed by atoms with E-state index in [9.17, 15) is 0 Å². The van der Waals surface area contributed by atoms with Gasteiger partial charge in [-0.15, -0.1) is 0 Å². The first-order chi connectivity index (χ1) is 9.70. The summed E-state index contributed by atoms with van der Waals surface area (Å²) in [4.78, 5) is 6.52. The molecule has 1 heterocycles. The maximum Gasteiger partial charge on any atom is 0.0443 e. The zero-order chi connectivity index (χ0) is 14.4. The van der Waals surface area contributed by atoms with Gasteiger partial charge >= 0.3 is 0 Å². The standard InChI is InChI=1S/C17H23N3/c1-4-18-11-16-12-19-9-8-17(16)20(3)13-15-7-5-6-14(2)10-15/h5-10,12,18H,4,11,13H2,1-3H3. The summed E-state index contributed by atoms with van der Waals surface area (Å²) in [5, 5.41) is 3.37. The highest BCUT2D eigenvalue weighted by Crippen LogP contribution is 2.20. The van der Waals surface area contributed by atoms with E-state index in [1.54, 1.807) is 0 Å². The number of rotatable bonds is 6. The van der Waals surface area contributed by atoms with Crippen LogP contribution >= 0.6 is 0 Å². The number of hydrogen-bond donors (Lipinski definition) is 1. The normalized spacial score (nSPS) is 10.6. The van der Waals surface area contributed by atoms with Crippen molar-refractivity contribution in [3.8, 4) is 0 Å². The lowest BCUT2D eigenvalue weighted by molar-refractivity contribution is 0.720. The Morgan fingerprint density at radius 1 is 1.25 bits per heavy atom. The number of aryl methyl sites for hydroxylation is 1. The maximum atomic E-state index is 4.24. The molecule has 3 nitrogen and oxygen atoms in total. The molecule has 0 radical (unpaired) electrons. The highest BCUT2D eigenvalue weighted by atomic mass is 15.1. The fourth-order valence-corrected chi connectivity index (χ4v) is 2.36. The van der Waals surface area contributed by atoms with E-state index in [-0.39, 0.29) is 0 Å². The summed E-state index contributed by atoms with van der Waals surface area (Å²) in [6.45, 7) is 6.98. The van der Waals surface area contributed by atoms with Gasteiger partial charge in [0.1, 0.15) is 0 Å². The van der Waals surface area contributed by atoms with Gasteiger partial charge in [-0.25, -0.2) is 0 Å². The van der Waals surface area contributed by atoms with Crippen molar-refractivity contribution in [1.29, 1.82) is 0 Å². The first kappa shape index (κ1) is 14.5. The van der Waals surface area contributed by atoms with Crippen molar-refractivity contribution in [2.24, 2.45) is 0 Å². The highest BCUT2D eigenvalue weighted by molar-refractivity contribution is 5.52. The second kappa shape index (κ2) is 7.06. The molecule has 0 unspecified atom stereocenters.